The monoisotopic (exact) mass is 351 g/mol. The average Bonchev–Trinajstić information content (AvgIpc) is 2.59. The second-order valence-corrected chi connectivity index (χ2v) is 7.16. The van der Waals surface area contributed by atoms with Gasteiger partial charge in [-0.3, -0.25) is 9.69 Å². The van der Waals surface area contributed by atoms with Crippen LogP contribution in [-0.2, 0) is 17.8 Å². The van der Waals surface area contributed by atoms with Crippen LogP contribution in [0.15, 0.2) is 24.3 Å². The van der Waals surface area contributed by atoms with Crippen LogP contribution in [0.25, 0.3) is 0 Å². The molecule has 0 radical (unpaired) electrons. The van der Waals surface area contributed by atoms with Crippen LogP contribution in [0.4, 0.5) is 0 Å². The minimum atomic E-state index is 0. The van der Waals surface area contributed by atoms with Crippen molar-refractivity contribution < 1.29 is 4.79 Å². The SMILES string of the molecule is CC(CNC(=O)[C@H]1CCN[C@@H](C)C1)N1CCc2ccccc2C1.Cl. The second kappa shape index (κ2) is 8.84. The lowest BCUT2D eigenvalue weighted by atomic mass is 9.92. The van der Waals surface area contributed by atoms with Gasteiger partial charge in [0, 0.05) is 37.6 Å². The van der Waals surface area contributed by atoms with E-state index >= 15 is 0 Å². The molecule has 1 fully saturated rings. The molecule has 134 valence electrons. The Morgan fingerprint density at radius 3 is 2.88 bits per heavy atom. The van der Waals surface area contributed by atoms with Gasteiger partial charge < -0.3 is 10.6 Å². The molecule has 2 N–H and O–H groups in total. The van der Waals surface area contributed by atoms with Gasteiger partial charge in [-0.25, -0.2) is 0 Å². The third-order valence-electron chi connectivity index (χ3n) is 5.35. The van der Waals surface area contributed by atoms with Crippen molar-refractivity contribution in [1.29, 1.82) is 0 Å². The lowest BCUT2D eigenvalue weighted by Crippen LogP contribution is -2.47. The average molecular weight is 352 g/mol. The highest BCUT2D eigenvalue weighted by atomic mass is 35.5. The van der Waals surface area contributed by atoms with Crippen molar-refractivity contribution in [3.05, 3.63) is 35.4 Å². The molecule has 4 nitrogen and oxygen atoms in total. The molecule has 5 heteroatoms. The normalized spacial score (nSPS) is 25.2. The number of hydrogen-bond acceptors (Lipinski definition) is 3. The molecule has 0 aromatic heterocycles. The van der Waals surface area contributed by atoms with E-state index in [1.165, 1.54) is 11.1 Å². The van der Waals surface area contributed by atoms with Crippen LogP contribution in [0.2, 0.25) is 0 Å². The zero-order valence-corrected chi connectivity index (χ0v) is 15.6. The molecule has 1 saturated heterocycles. The zero-order valence-electron chi connectivity index (χ0n) is 14.8. The molecule has 0 aliphatic carbocycles. The van der Waals surface area contributed by atoms with E-state index in [-0.39, 0.29) is 24.2 Å². The number of hydrogen-bond donors (Lipinski definition) is 2. The van der Waals surface area contributed by atoms with Gasteiger partial charge in [-0.15, -0.1) is 12.4 Å². The van der Waals surface area contributed by atoms with Crippen LogP contribution >= 0.6 is 12.4 Å². The minimum Gasteiger partial charge on any atom is -0.354 e. The van der Waals surface area contributed by atoms with Crippen LogP contribution in [0.3, 0.4) is 0 Å². The summed E-state index contributed by atoms with van der Waals surface area (Å²) in [5.74, 6) is 0.420. The number of halogens is 1. The van der Waals surface area contributed by atoms with Crippen LogP contribution in [0.1, 0.15) is 37.8 Å². The highest BCUT2D eigenvalue weighted by Crippen LogP contribution is 2.20. The molecule has 2 heterocycles. The summed E-state index contributed by atoms with van der Waals surface area (Å²) in [6.45, 7) is 8.17. The Hall–Kier alpha value is -1.10. The number of fused-ring (bicyclic) bond motifs is 1. The van der Waals surface area contributed by atoms with Crippen molar-refractivity contribution in [2.75, 3.05) is 19.6 Å². The molecule has 0 saturated carbocycles. The van der Waals surface area contributed by atoms with Gasteiger partial charge in [-0.05, 0) is 50.8 Å². The molecule has 1 aromatic rings. The van der Waals surface area contributed by atoms with Crippen LogP contribution in [0, 0.1) is 5.92 Å². The smallest absolute Gasteiger partial charge is 0.223 e. The van der Waals surface area contributed by atoms with E-state index in [0.29, 0.717) is 12.1 Å². The van der Waals surface area contributed by atoms with E-state index in [2.05, 4.69) is 53.6 Å². The maximum absolute atomic E-state index is 12.4. The first-order valence-electron chi connectivity index (χ1n) is 8.95. The van der Waals surface area contributed by atoms with E-state index in [0.717, 1.165) is 45.4 Å². The summed E-state index contributed by atoms with van der Waals surface area (Å²) < 4.78 is 0. The summed E-state index contributed by atoms with van der Waals surface area (Å²) in [5, 5.41) is 6.59. The van der Waals surface area contributed by atoms with Crippen LogP contribution < -0.4 is 10.6 Å². The molecular formula is C19H30ClN3O. The first-order chi connectivity index (χ1) is 11.1. The van der Waals surface area contributed by atoms with Crippen molar-refractivity contribution in [2.24, 2.45) is 5.92 Å². The van der Waals surface area contributed by atoms with E-state index in [9.17, 15) is 4.79 Å². The van der Waals surface area contributed by atoms with E-state index < -0.39 is 0 Å². The number of carbonyl (C=O) groups excluding carboxylic acids is 1. The van der Waals surface area contributed by atoms with Gasteiger partial charge in [-0.1, -0.05) is 24.3 Å². The molecule has 1 aromatic carbocycles. The molecule has 1 amide bonds. The van der Waals surface area contributed by atoms with Crippen molar-refractivity contribution in [1.82, 2.24) is 15.5 Å². The Labute approximate surface area is 151 Å². The van der Waals surface area contributed by atoms with Crippen LogP contribution in [-0.4, -0.2) is 42.5 Å². The fourth-order valence-corrected chi connectivity index (χ4v) is 3.79. The maximum atomic E-state index is 12.4. The third-order valence-corrected chi connectivity index (χ3v) is 5.35. The number of rotatable bonds is 4. The Kier molecular flexibility index (Phi) is 7.08. The number of nitrogens with one attached hydrogen (secondary N) is 2. The molecule has 2 aliphatic heterocycles. The van der Waals surface area contributed by atoms with Gasteiger partial charge in [0.25, 0.3) is 0 Å². The molecule has 3 atom stereocenters. The first kappa shape index (κ1) is 19.2. The van der Waals surface area contributed by atoms with Gasteiger partial charge in [0.15, 0.2) is 0 Å². The van der Waals surface area contributed by atoms with E-state index in [4.69, 9.17) is 0 Å². The highest BCUT2D eigenvalue weighted by molar-refractivity contribution is 5.85. The lowest BCUT2D eigenvalue weighted by Gasteiger charge is -2.34. The Balaban J connectivity index is 0.00000208. The summed E-state index contributed by atoms with van der Waals surface area (Å²) in [6.07, 6.45) is 3.03. The summed E-state index contributed by atoms with van der Waals surface area (Å²) in [7, 11) is 0. The standard InChI is InChI=1S/C19H29N3O.ClH/c1-14-11-17(7-9-20-14)19(23)21-12-15(2)22-10-8-16-5-3-4-6-18(16)13-22;/h3-6,14-15,17,20H,7-13H2,1-2H3,(H,21,23);1H/t14-,15?,17-;/m0./s1. The quantitative estimate of drug-likeness (QED) is 0.875. The van der Waals surface area contributed by atoms with Gasteiger partial charge in [0.2, 0.25) is 5.91 Å². The van der Waals surface area contributed by atoms with Crippen molar-refractivity contribution in [2.45, 2.75) is 51.7 Å². The first-order valence-corrected chi connectivity index (χ1v) is 8.95. The van der Waals surface area contributed by atoms with E-state index in [1.807, 2.05) is 0 Å². The zero-order chi connectivity index (χ0) is 16.2. The van der Waals surface area contributed by atoms with Crippen molar-refractivity contribution in [3.63, 3.8) is 0 Å². The molecule has 3 rings (SSSR count). The van der Waals surface area contributed by atoms with Gasteiger partial charge >= 0.3 is 0 Å². The van der Waals surface area contributed by atoms with Crippen molar-refractivity contribution in [3.8, 4) is 0 Å². The van der Waals surface area contributed by atoms with Gasteiger partial charge in [0.1, 0.15) is 0 Å². The fourth-order valence-electron chi connectivity index (χ4n) is 3.79. The summed E-state index contributed by atoms with van der Waals surface area (Å²) >= 11 is 0. The largest absolute Gasteiger partial charge is 0.354 e. The predicted molar refractivity (Wildman–Crippen MR) is 100 cm³/mol. The Bertz CT molecular complexity index is 551. The summed E-state index contributed by atoms with van der Waals surface area (Å²) in [4.78, 5) is 14.9. The molecule has 0 spiro atoms. The third kappa shape index (κ3) is 4.71. The Morgan fingerprint density at radius 1 is 1.38 bits per heavy atom. The maximum Gasteiger partial charge on any atom is 0.223 e. The topological polar surface area (TPSA) is 44.4 Å². The number of benzene rings is 1. The molecule has 1 unspecified atom stereocenters. The Morgan fingerprint density at radius 2 is 2.12 bits per heavy atom. The van der Waals surface area contributed by atoms with E-state index in [1.54, 1.807) is 0 Å². The summed E-state index contributed by atoms with van der Waals surface area (Å²) in [6, 6.07) is 9.54. The fraction of sp³-hybridized carbons (Fsp3) is 0.632. The molecular weight excluding hydrogens is 322 g/mol. The van der Waals surface area contributed by atoms with Crippen molar-refractivity contribution >= 4 is 18.3 Å². The minimum absolute atomic E-state index is 0. The van der Waals surface area contributed by atoms with Gasteiger partial charge in [-0.2, -0.15) is 0 Å². The lowest BCUT2D eigenvalue weighted by molar-refractivity contribution is -0.126. The second-order valence-electron chi connectivity index (χ2n) is 7.16. The molecule has 2 aliphatic rings. The molecule has 24 heavy (non-hydrogen) atoms. The summed E-state index contributed by atoms with van der Waals surface area (Å²) in [5.41, 5.74) is 2.91. The molecule has 0 bridgehead atoms. The highest BCUT2D eigenvalue weighted by Gasteiger charge is 2.26. The number of carbonyl (C=O) groups is 1. The predicted octanol–water partition coefficient (Wildman–Crippen LogP) is 2.36. The van der Waals surface area contributed by atoms with Crippen LogP contribution in [0.5, 0.6) is 0 Å². The number of nitrogens with zero attached hydrogens (tertiary/aromatic N) is 1. The van der Waals surface area contributed by atoms with Gasteiger partial charge in [0.05, 0.1) is 0 Å². The number of amides is 1. The number of piperidine rings is 1.